The van der Waals surface area contributed by atoms with Crippen LogP contribution in [-0.4, -0.2) is 13.2 Å². The molecule has 144 valence electrons. The van der Waals surface area contributed by atoms with Crippen molar-refractivity contribution >= 4 is 0 Å². The first kappa shape index (κ1) is 23.7. The molecule has 0 aliphatic carbocycles. The van der Waals surface area contributed by atoms with E-state index in [9.17, 15) is 0 Å². The Balaban J connectivity index is 2.94. The molecule has 0 aromatic heterocycles. The van der Waals surface area contributed by atoms with Gasteiger partial charge < -0.3 is 4.74 Å². The van der Waals surface area contributed by atoms with Gasteiger partial charge in [0.1, 0.15) is 0 Å². The van der Waals surface area contributed by atoms with Gasteiger partial charge in [-0.15, -0.1) is 6.58 Å². The summed E-state index contributed by atoms with van der Waals surface area (Å²) in [5.74, 6) is 0. The van der Waals surface area contributed by atoms with Gasteiger partial charge in [0.2, 0.25) is 0 Å². The molecule has 0 rings (SSSR count). The van der Waals surface area contributed by atoms with E-state index in [1.54, 1.807) is 0 Å². The SMILES string of the molecule is C=CCOCCCCCCCCCCCCCCCCCCCC. The van der Waals surface area contributed by atoms with Crippen molar-refractivity contribution in [2.75, 3.05) is 13.2 Å². The van der Waals surface area contributed by atoms with Crippen LogP contribution < -0.4 is 0 Å². The van der Waals surface area contributed by atoms with Gasteiger partial charge in [0.25, 0.3) is 0 Å². The average molecular weight is 339 g/mol. The molecule has 0 aliphatic rings. The van der Waals surface area contributed by atoms with Gasteiger partial charge in [-0.1, -0.05) is 122 Å². The lowest BCUT2D eigenvalue weighted by atomic mass is 10.0. The minimum Gasteiger partial charge on any atom is -0.377 e. The maximum atomic E-state index is 5.39. The monoisotopic (exact) mass is 338 g/mol. The van der Waals surface area contributed by atoms with E-state index in [1.807, 2.05) is 6.08 Å². The maximum Gasteiger partial charge on any atom is 0.0644 e. The predicted molar refractivity (Wildman–Crippen MR) is 110 cm³/mol. The number of ether oxygens (including phenoxy) is 1. The third kappa shape index (κ3) is 21.7. The van der Waals surface area contributed by atoms with Crippen LogP contribution in [0, 0.1) is 0 Å². The fourth-order valence-electron chi connectivity index (χ4n) is 3.27. The van der Waals surface area contributed by atoms with Crippen molar-refractivity contribution in [3.8, 4) is 0 Å². The van der Waals surface area contributed by atoms with Crippen molar-refractivity contribution in [3.63, 3.8) is 0 Å². The highest BCUT2D eigenvalue weighted by molar-refractivity contribution is 4.63. The summed E-state index contributed by atoms with van der Waals surface area (Å²) in [7, 11) is 0. The highest BCUT2D eigenvalue weighted by Gasteiger charge is 1.95. The number of rotatable bonds is 21. The second kappa shape index (κ2) is 22.7. The third-order valence-electron chi connectivity index (χ3n) is 4.88. The summed E-state index contributed by atoms with van der Waals surface area (Å²) in [6, 6.07) is 0. The Labute approximate surface area is 153 Å². The number of hydrogen-bond acceptors (Lipinski definition) is 1. The molecule has 0 radical (unpaired) electrons. The van der Waals surface area contributed by atoms with E-state index in [4.69, 9.17) is 4.74 Å². The molecule has 0 fully saturated rings. The van der Waals surface area contributed by atoms with Crippen molar-refractivity contribution in [2.45, 2.75) is 122 Å². The fourth-order valence-corrected chi connectivity index (χ4v) is 3.27. The molecule has 0 unspecified atom stereocenters. The summed E-state index contributed by atoms with van der Waals surface area (Å²) < 4.78 is 5.39. The van der Waals surface area contributed by atoms with Gasteiger partial charge >= 0.3 is 0 Å². The highest BCUT2D eigenvalue weighted by Crippen LogP contribution is 2.14. The second-order valence-corrected chi connectivity index (χ2v) is 7.37. The Morgan fingerprint density at radius 1 is 0.542 bits per heavy atom. The van der Waals surface area contributed by atoms with Gasteiger partial charge in [-0.25, -0.2) is 0 Å². The van der Waals surface area contributed by atoms with Crippen LogP contribution in [-0.2, 0) is 4.74 Å². The lowest BCUT2D eigenvalue weighted by molar-refractivity contribution is 0.157. The van der Waals surface area contributed by atoms with Crippen LogP contribution in [0.5, 0.6) is 0 Å². The predicted octanol–water partition coefficient (Wildman–Crippen LogP) is 8.23. The molecule has 0 aromatic rings. The Hall–Kier alpha value is -0.300. The maximum absolute atomic E-state index is 5.39. The minimum absolute atomic E-state index is 0.707. The summed E-state index contributed by atoms with van der Waals surface area (Å²) in [6.07, 6.45) is 27.5. The average Bonchev–Trinajstić information content (AvgIpc) is 2.60. The molecule has 0 saturated heterocycles. The minimum atomic E-state index is 0.707. The molecule has 0 saturated carbocycles. The highest BCUT2D eigenvalue weighted by atomic mass is 16.5. The summed E-state index contributed by atoms with van der Waals surface area (Å²) in [5, 5.41) is 0. The molecule has 0 atom stereocenters. The molecular formula is C23H46O. The van der Waals surface area contributed by atoms with Crippen molar-refractivity contribution in [3.05, 3.63) is 12.7 Å². The molecule has 1 nitrogen and oxygen atoms in total. The largest absolute Gasteiger partial charge is 0.377 e. The normalized spacial score (nSPS) is 11.0. The van der Waals surface area contributed by atoms with Gasteiger partial charge in [-0.3, -0.25) is 0 Å². The molecule has 0 bridgehead atoms. The van der Waals surface area contributed by atoms with Gasteiger partial charge in [0.15, 0.2) is 0 Å². The Morgan fingerprint density at radius 3 is 1.21 bits per heavy atom. The Morgan fingerprint density at radius 2 is 0.875 bits per heavy atom. The van der Waals surface area contributed by atoms with Gasteiger partial charge in [0.05, 0.1) is 6.61 Å². The topological polar surface area (TPSA) is 9.23 Å². The lowest BCUT2D eigenvalue weighted by Crippen LogP contribution is -1.93. The van der Waals surface area contributed by atoms with Crippen LogP contribution in [0.15, 0.2) is 12.7 Å². The van der Waals surface area contributed by atoms with E-state index in [1.165, 1.54) is 116 Å². The first-order chi connectivity index (χ1) is 11.9. The quantitative estimate of drug-likeness (QED) is 0.151. The van der Waals surface area contributed by atoms with Crippen LogP contribution >= 0.6 is 0 Å². The standard InChI is InChI=1S/C23H46O/c1-3-5-6-7-8-9-10-11-12-13-14-15-16-17-18-19-20-21-23-24-22-4-2/h4H,2-3,5-23H2,1H3. The first-order valence-electron chi connectivity index (χ1n) is 11.1. The van der Waals surface area contributed by atoms with E-state index in [2.05, 4.69) is 13.5 Å². The van der Waals surface area contributed by atoms with Crippen molar-refractivity contribution in [1.82, 2.24) is 0 Å². The van der Waals surface area contributed by atoms with E-state index < -0.39 is 0 Å². The van der Waals surface area contributed by atoms with Crippen LogP contribution in [0.25, 0.3) is 0 Å². The number of unbranched alkanes of at least 4 members (excludes halogenated alkanes) is 17. The zero-order valence-corrected chi connectivity index (χ0v) is 16.8. The van der Waals surface area contributed by atoms with E-state index in [-0.39, 0.29) is 0 Å². The third-order valence-corrected chi connectivity index (χ3v) is 4.88. The molecule has 24 heavy (non-hydrogen) atoms. The van der Waals surface area contributed by atoms with Gasteiger partial charge in [-0.05, 0) is 6.42 Å². The molecule has 0 aliphatic heterocycles. The Kier molecular flexibility index (Phi) is 22.4. The molecule has 1 heteroatoms. The van der Waals surface area contributed by atoms with Crippen molar-refractivity contribution in [2.24, 2.45) is 0 Å². The van der Waals surface area contributed by atoms with Crippen molar-refractivity contribution in [1.29, 1.82) is 0 Å². The summed E-state index contributed by atoms with van der Waals surface area (Å²) in [6.45, 7) is 7.56. The fraction of sp³-hybridized carbons (Fsp3) is 0.913. The molecule has 0 aromatic carbocycles. The van der Waals surface area contributed by atoms with E-state index >= 15 is 0 Å². The molecule has 0 N–H and O–H groups in total. The second-order valence-electron chi connectivity index (χ2n) is 7.37. The molecule has 0 heterocycles. The van der Waals surface area contributed by atoms with Crippen LogP contribution in [0.3, 0.4) is 0 Å². The molecule has 0 spiro atoms. The zero-order chi connectivity index (χ0) is 17.6. The van der Waals surface area contributed by atoms with Gasteiger partial charge in [0, 0.05) is 6.61 Å². The first-order valence-corrected chi connectivity index (χ1v) is 11.1. The van der Waals surface area contributed by atoms with Gasteiger partial charge in [-0.2, -0.15) is 0 Å². The lowest BCUT2D eigenvalue weighted by Gasteiger charge is -2.04. The molecule has 0 amide bonds. The Bertz CT molecular complexity index is 224. The van der Waals surface area contributed by atoms with Crippen LogP contribution in [0.1, 0.15) is 122 Å². The van der Waals surface area contributed by atoms with Crippen molar-refractivity contribution < 1.29 is 4.74 Å². The van der Waals surface area contributed by atoms with E-state index in [0.29, 0.717) is 6.61 Å². The summed E-state index contributed by atoms with van der Waals surface area (Å²) >= 11 is 0. The zero-order valence-electron chi connectivity index (χ0n) is 16.8. The number of hydrogen-bond donors (Lipinski definition) is 0. The summed E-state index contributed by atoms with van der Waals surface area (Å²) in [4.78, 5) is 0. The summed E-state index contributed by atoms with van der Waals surface area (Å²) in [5.41, 5.74) is 0. The van der Waals surface area contributed by atoms with Crippen LogP contribution in [0.4, 0.5) is 0 Å². The van der Waals surface area contributed by atoms with E-state index in [0.717, 1.165) is 6.61 Å². The smallest absolute Gasteiger partial charge is 0.0644 e. The van der Waals surface area contributed by atoms with Crippen LogP contribution in [0.2, 0.25) is 0 Å². The molecular weight excluding hydrogens is 292 g/mol.